The van der Waals surface area contributed by atoms with Crippen molar-refractivity contribution in [3.05, 3.63) is 0 Å². The van der Waals surface area contributed by atoms with Crippen LogP contribution in [0.4, 0.5) is 8.78 Å². The number of hydrogen-bond donors (Lipinski definition) is 3. The molecule has 0 radical (unpaired) electrons. The normalized spacial score (nSPS) is 21.6. The lowest BCUT2D eigenvalue weighted by Crippen LogP contribution is -2.45. The Balaban J connectivity index is 2.19. The monoisotopic (exact) mass is 265 g/mol. The molecule has 1 aliphatic heterocycles. The van der Waals surface area contributed by atoms with Gasteiger partial charge >= 0.3 is 0 Å². The first kappa shape index (κ1) is 14.8. The van der Waals surface area contributed by atoms with Gasteiger partial charge in [0.05, 0.1) is 25.7 Å². The molecular weight excluding hydrogens is 248 g/mol. The van der Waals surface area contributed by atoms with Crippen molar-refractivity contribution in [2.24, 2.45) is 0 Å². The molecule has 8 heteroatoms. The SMILES string of the molecule is COCCNC(=O)CNC(=O)C1CC(F)(F)CN1. The second kappa shape index (κ2) is 6.60. The fourth-order valence-electron chi connectivity index (χ4n) is 1.55. The van der Waals surface area contributed by atoms with E-state index in [1.165, 1.54) is 7.11 Å². The van der Waals surface area contributed by atoms with Crippen molar-refractivity contribution >= 4 is 11.8 Å². The van der Waals surface area contributed by atoms with Crippen LogP contribution in [0.5, 0.6) is 0 Å². The molecule has 0 aliphatic carbocycles. The predicted molar refractivity (Wildman–Crippen MR) is 59.3 cm³/mol. The number of carbonyl (C=O) groups is 2. The molecule has 0 bridgehead atoms. The number of hydrogen-bond acceptors (Lipinski definition) is 4. The van der Waals surface area contributed by atoms with Crippen LogP contribution < -0.4 is 16.0 Å². The molecule has 18 heavy (non-hydrogen) atoms. The number of alkyl halides is 2. The first-order valence-corrected chi connectivity index (χ1v) is 5.59. The lowest BCUT2D eigenvalue weighted by molar-refractivity contribution is -0.127. The van der Waals surface area contributed by atoms with Gasteiger partial charge in [0.15, 0.2) is 0 Å². The van der Waals surface area contributed by atoms with Crippen LogP contribution in [0.25, 0.3) is 0 Å². The van der Waals surface area contributed by atoms with Crippen molar-refractivity contribution in [2.45, 2.75) is 18.4 Å². The molecule has 104 valence electrons. The van der Waals surface area contributed by atoms with Gasteiger partial charge in [-0.15, -0.1) is 0 Å². The number of amides is 2. The Kier molecular flexibility index (Phi) is 5.42. The van der Waals surface area contributed by atoms with E-state index in [1.807, 2.05) is 0 Å². The lowest BCUT2D eigenvalue weighted by atomic mass is 10.2. The first-order valence-electron chi connectivity index (χ1n) is 5.59. The molecule has 3 N–H and O–H groups in total. The third-order valence-corrected chi connectivity index (χ3v) is 2.48. The van der Waals surface area contributed by atoms with Crippen LogP contribution in [0.1, 0.15) is 6.42 Å². The van der Waals surface area contributed by atoms with E-state index in [-0.39, 0.29) is 12.5 Å². The summed E-state index contributed by atoms with van der Waals surface area (Å²) in [5.74, 6) is -3.83. The first-order chi connectivity index (χ1) is 8.44. The average Bonchev–Trinajstić information content (AvgIpc) is 2.67. The number of ether oxygens (including phenoxy) is 1. The topological polar surface area (TPSA) is 79.5 Å². The number of rotatable bonds is 6. The number of nitrogens with one attached hydrogen (secondary N) is 3. The molecule has 1 heterocycles. The van der Waals surface area contributed by atoms with E-state index in [1.54, 1.807) is 0 Å². The summed E-state index contributed by atoms with van der Waals surface area (Å²) in [4.78, 5) is 22.7. The Morgan fingerprint density at radius 2 is 2.17 bits per heavy atom. The zero-order valence-electron chi connectivity index (χ0n) is 10.1. The van der Waals surface area contributed by atoms with Gasteiger partial charge in [0.25, 0.3) is 5.92 Å². The maximum Gasteiger partial charge on any atom is 0.262 e. The molecule has 1 saturated heterocycles. The summed E-state index contributed by atoms with van der Waals surface area (Å²) in [6.07, 6.45) is -0.538. The zero-order chi connectivity index (χ0) is 13.6. The van der Waals surface area contributed by atoms with Gasteiger partial charge in [-0.05, 0) is 0 Å². The Hall–Kier alpha value is -1.28. The molecule has 1 atom stereocenters. The van der Waals surface area contributed by atoms with Crippen molar-refractivity contribution in [1.82, 2.24) is 16.0 Å². The van der Waals surface area contributed by atoms with E-state index < -0.39 is 30.8 Å². The van der Waals surface area contributed by atoms with Crippen molar-refractivity contribution in [2.75, 3.05) is 33.4 Å². The van der Waals surface area contributed by atoms with Crippen LogP contribution in [0.15, 0.2) is 0 Å². The molecule has 1 unspecified atom stereocenters. The summed E-state index contributed by atoms with van der Waals surface area (Å²) in [6.45, 7) is -0.0293. The minimum Gasteiger partial charge on any atom is -0.383 e. The largest absolute Gasteiger partial charge is 0.383 e. The quantitative estimate of drug-likeness (QED) is 0.531. The van der Waals surface area contributed by atoms with Crippen LogP contribution in [0.2, 0.25) is 0 Å². The second-order valence-electron chi connectivity index (χ2n) is 4.05. The van der Waals surface area contributed by atoms with E-state index in [9.17, 15) is 18.4 Å². The van der Waals surface area contributed by atoms with Gasteiger partial charge in [-0.1, -0.05) is 0 Å². The predicted octanol–water partition coefficient (Wildman–Crippen LogP) is -1.14. The Bertz CT molecular complexity index is 313. The number of halogens is 2. The van der Waals surface area contributed by atoms with E-state index in [4.69, 9.17) is 4.74 Å². The molecule has 0 saturated carbocycles. The third-order valence-electron chi connectivity index (χ3n) is 2.48. The van der Waals surface area contributed by atoms with Crippen LogP contribution in [0, 0.1) is 0 Å². The molecule has 1 fully saturated rings. The van der Waals surface area contributed by atoms with E-state index in [0.717, 1.165) is 0 Å². The summed E-state index contributed by atoms with van der Waals surface area (Å²) >= 11 is 0. The fourth-order valence-corrected chi connectivity index (χ4v) is 1.55. The highest BCUT2D eigenvalue weighted by molar-refractivity contribution is 5.87. The maximum absolute atomic E-state index is 12.8. The van der Waals surface area contributed by atoms with Gasteiger partial charge in [0, 0.05) is 20.1 Å². The summed E-state index contributed by atoms with van der Waals surface area (Å²) in [7, 11) is 1.50. The van der Waals surface area contributed by atoms with Gasteiger partial charge < -0.3 is 15.4 Å². The van der Waals surface area contributed by atoms with Crippen molar-refractivity contribution in [3.63, 3.8) is 0 Å². The Labute approximate surface area is 103 Å². The van der Waals surface area contributed by atoms with Gasteiger partial charge in [0.1, 0.15) is 0 Å². The molecule has 0 aromatic carbocycles. The molecular formula is C10H17F2N3O3. The standard InChI is InChI=1S/C10H17F2N3O3/c1-18-3-2-13-8(16)5-14-9(17)7-4-10(11,12)6-15-7/h7,15H,2-6H2,1H3,(H,13,16)(H,14,17). The molecule has 0 spiro atoms. The second-order valence-corrected chi connectivity index (χ2v) is 4.05. The van der Waals surface area contributed by atoms with Gasteiger partial charge in [0.2, 0.25) is 11.8 Å². The van der Waals surface area contributed by atoms with Crippen LogP contribution in [0.3, 0.4) is 0 Å². The van der Waals surface area contributed by atoms with Crippen LogP contribution in [-0.4, -0.2) is 57.1 Å². The average molecular weight is 265 g/mol. The van der Waals surface area contributed by atoms with Crippen molar-refractivity contribution in [3.8, 4) is 0 Å². The van der Waals surface area contributed by atoms with Gasteiger partial charge in [-0.2, -0.15) is 0 Å². The van der Waals surface area contributed by atoms with Gasteiger partial charge in [-0.3, -0.25) is 14.9 Å². The van der Waals surface area contributed by atoms with E-state index >= 15 is 0 Å². The highest BCUT2D eigenvalue weighted by Crippen LogP contribution is 2.24. The maximum atomic E-state index is 12.8. The van der Waals surface area contributed by atoms with Crippen LogP contribution >= 0.6 is 0 Å². The summed E-state index contributed by atoms with van der Waals surface area (Å²) in [6, 6.07) is -0.938. The third kappa shape index (κ3) is 4.92. The smallest absolute Gasteiger partial charge is 0.262 e. The van der Waals surface area contributed by atoms with Crippen molar-refractivity contribution in [1.29, 1.82) is 0 Å². The fraction of sp³-hybridized carbons (Fsp3) is 0.800. The number of carbonyl (C=O) groups excluding carboxylic acids is 2. The molecule has 0 aromatic heterocycles. The number of methoxy groups -OCH3 is 1. The van der Waals surface area contributed by atoms with Gasteiger partial charge in [-0.25, -0.2) is 8.78 Å². The molecule has 6 nitrogen and oxygen atoms in total. The minimum atomic E-state index is -2.86. The molecule has 2 amide bonds. The molecule has 1 aliphatic rings. The summed E-state index contributed by atoms with van der Waals surface area (Å²) < 4.78 is 30.4. The molecule has 1 rings (SSSR count). The summed E-state index contributed by atoms with van der Waals surface area (Å²) in [5, 5.41) is 7.21. The highest BCUT2D eigenvalue weighted by atomic mass is 19.3. The minimum absolute atomic E-state index is 0.230. The Morgan fingerprint density at radius 3 is 2.72 bits per heavy atom. The zero-order valence-corrected chi connectivity index (χ0v) is 10.1. The van der Waals surface area contributed by atoms with Crippen LogP contribution in [-0.2, 0) is 14.3 Å². The summed E-state index contributed by atoms with van der Waals surface area (Å²) in [5.41, 5.74) is 0. The molecule has 0 aromatic rings. The van der Waals surface area contributed by atoms with E-state index in [2.05, 4.69) is 16.0 Å². The highest BCUT2D eigenvalue weighted by Gasteiger charge is 2.42. The Morgan fingerprint density at radius 1 is 1.44 bits per heavy atom. The lowest BCUT2D eigenvalue weighted by Gasteiger charge is -2.11. The van der Waals surface area contributed by atoms with Crippen molar-refractivity contribution < 1.29 is 23.1 Å². The van der Waals surface area contributed by atoms with E-state index in [0.29, 0.717) is 13.2 Å².